The van der Waals surface area contributed by atoms with Crippen molar-refractivity contribution in [3.05, 3.63) is 33.1 Å². The zero-order valence-corrected chi connectivity index (χ0v) is 13.4. The number of amides is 1. The number of carbonyl (C=O) groups excluding carboxylic acids is 2. The molecule has 110 valence electrons. The normalized spacial score (nSPS) is 16.0. The highest BCUT2D eigenvalue weighted by Gasteiger charge is 2.20. The molecule has 8 heteroatoms. The van der Waals surface area contributed by atoms with Crippen LogP contribution in [-0.4, -0.2) is 30.8 Å². The standard InChI is InChI=1S/C13H11BrN2O4S/c1-19-11(17)6-20-9-3-2-8(14)4-7(9)5-10-12(18)16-13(15)21-10/h2-5H,6H2,1H3,(H2,15,16,18). The van der Waals surface area contributed by atoms with Crippen LogP contribution >= 0.6 is 27.7 Å². The molecule has 1 amide bonds. The third kappa shape index (κ3) is 4.08. The Labute approximate surface area is 133 Å². The summed E-state index contributed by atoms with van der Waals surface area (Å²) in [6, 6.07) is 5.22. The van der Waals surface area contributed by atoms with Crippen LogP contribution in [0.25, 0.3) is 6.08 Å². The van der Waals surface area contributed by atoms with Crippen molar-refractivity contribution in [1.29, 1.82) is 0 Å². The number of ether oxygens (including phenoxy) is 2. The maximum Gasteiger partial charge on any atom is 0.343 e. The molecule has 0 spiro atoms. The summed E-state index contributed by atoms with van der Waals surface area (Å²) in [5, 5.41) is 0.207. The van der Waals surface area contributed by atoms with E-state index in [1.807, 2.05) is 0 Å². The minimum atomic E-state index is -0.490. The Kier molecular flexibility index (Phi) is 5.03. The number of carbonyl (C=O) groups is 2. The van der Waals surface area contributed by atoms with E-state index < -0.39 is 11.9 Å². The van der Waals surface area contributed by atoms with Gasteiger partial charge in [-0.25, -0.2) is 4.79 Å². The van der Waals surface area contributed by atoms with Crippen molar-refractivity contribution in [2.75, 3.05) is 13.7 Å². The number of aliphatic imine (C=N–C) groups is 1. The van der Waals surface area contributed by atoms with Gasteiger partial charge in [0.1, 0.15) is 5.75 Å². The maximum absolute atomic E-state index is 11.6. The molecule has 2 rings (SSSR count). The highest BCUT2D eigenvalue weighted by Crippen LogP contribution is 2.31. The van der Waals surface area contributed by atoms with Crippen molar-refractivity contribution in [3.8, 4) is 5.75 Å². The van der Waals surface area contributed by atoms with Crippen molar-refractivity contribution >= 4 is 50.8 Å². The van der Waals surface area contributed by atoms with E-state index in [2.05, 4.69) is 25.7 Å². The molecule has 0 radical (unpaired) electrons. The number of nitrogens with two attached hydrogens (primary N) is 1. The van der Waals surface area contributed by atoms with Crippen LogP contribution in [0.1, 0.15) is 5.56 Å². The molecule has 0 saturated carbocycles. The van der Waals surface area contributed by atoms with Crippen LogP contribution in [0, 0.1) is 0 Å². The van der Waals surface area contributed by atoms with Gasteiger partial charge in [0.25, 0.3) is 5.91 Å². The average Bonchev–Trinajstić information content (AvgIpc) is 2.75. The van der Waals surface area contributed by atoms with Gasteiger partial charge in [-0.3, -0.25) is 4.79 Å². The molecule has 1 aliphatic heterocycles. The topological polar surface area (TPSA) is 91.0 Å². The van der Waals surface area contributed by atoms with E-state index in [0.29, 0.717) is 16.2 Å². The SMILES string of the molecule is COC(=O)COc1ccc(Br)cc1C=C1SC(N)=NC1=O. The predicted octanol–water partition coefficient (Wildman–Crippen LogP) is 1.93. The monoisotopic (exact) mass is 370 g/mol. The van der Waals surface area contributed by atoms with Crippen LogP contribution in [0.5, 0.6) is 5.75 Å². The molecule has 2 N–H and O–H groups in total. The first-order chi connectivity index (χ1) is 9.99. The summed E-state index contributed by atoms with van der Waals surface area (Å²) in [7, 11) is 1.28. The Morgan fingerprint density at radius 3 is 2.90 bits per heavy atom. The lowest BCUT2D eigenvalue weighted by molar-refractivity contribution is -0.142. The lowest BCUT2D eigenvalue weighted by atomic mass is 10.2. The fraction of sp³-hybridized carbons (Fsp3) is 0.154. The molecule has 1 aliphatic rings. The molecule has 6 nitrogen and oxygen atoms in total. The third-order valence-electron chi connectivity index (χ3n) is 2.47. The molecule has 21 heavy (non-hydrogen) atoms. The first-order valence-electron chi connectivity index (χ1n) is 5.77. The van der Waals surface area contributed by atoms with Crippen LogP contribution < -0.4 is 10.5 Å². The second-order valence-corrected chi connectivity index (χ2v) is 5.89. The summed E-state index contributed by atoms with van der Waals surface area (Å²) in [5.41, 5.74) is 6.14. The Balaban J connectivity index is 2.26. The first-order valence-corrected chi connectivity index (χ1v) is 7.37. The van der Waals surface area contributed by atoms with Gasteiger partial charge in [-0.1, -0.05) is 15.9 Å². The molecule has 1 aromatic rings. The van der Waals surface area contributed by atoms with E-state index in [9.17, 15) is 9.59 Å². The molecule has 0 unspecified atom stereocenters. The van der Waals surface area contributed by atoms with Crippen molar-refractivity contribution in [1.82, 2.24) is 0 Å². The first kappa shape index (κ1) is 15.6. The molecular weight excluding hydrogens is 360 g/mol. The fourth-order valence-corrected chi connectivity index (χ4v) is 2.58. The van der Waals surface area contributed by atoms with E-state index in [4.69, 9.17) is 10.5 Å². The fourth-order valence-electron chi connectivity index (χ4n) is 1.53. The van der Waals surface area contributed by atoms with Crippen molar-refractivity contribution in [3.63, 3.8) is 0 Å². The van der Waals surface area contributed by atoms with E-state index in [0.717, 1.165) is 16.2 Å². The van der Waals surface area contributed by atoms with Gasteiger partial charge in [-0.15, -0.1) is 0 Å². The number of esters is 1. The van der Waals surface area contributed by atoms with Gasteiger partial charge in [0.2, 0.25) is 0 Å². The number of benzene rings is 1. The number of rotatable bonds is 4. The molecule has 0 aliphatic carbocycles. The number of methoxy groups -OCH3 is 1. The number of halogens is 1. The van der Waals surface area contributed by atoms with Gasteiger partial charge in [0, 0.05) is 10.0 Å². The Morgan fingerprint density at radius 1 is 1.52 bits per heavy atom. The quantitative estimate of drug-likeness (QED) is 0.643. The van der Waals surface area contributed by atoms with Crippen LogP contribution in [0.2, 0.25) is 0 Å². The minimum absolute atomic E-state index is 0.207. The summed E-state index contributed by atoms with van der Waals surface area (Å²) in [6.07, 6.45) is 1.62. The smallest absolute Gasteiger partial charge is 0.343 e. The maximum atomic E-state index is 11.6. The number of amidine groups is 1. The van der Waals surface area contributed by atoms with Gasteiger partial charge in [0.05, 0.1) is 12.0 Å². The number of hydrogen-bond acceptors (Lipinski definition) is 6. The largest absolute Gasteiger partial charge is 0.481 e. The zero-order chi connectivity index (χ0) is 15.4. The van der Waals surface area contributed by atoms with Crippen LogP contribution in [0.4, 0.5) is 0 Å². The summed E-state index contributed by atoms with van der Waals surface area (Å²) in [6.45, 7) is -0.214. The van der Waals surface area contributed by atoms with Crippen LogP contribution in [0.15, 0.2) is 32.6 Å². The van der Waals surface area contributed by atoms with E-state index in [1.165, 1.54) is 7.11 Å². The zero-order valence-electron chi connectivity index (χ0n) is 11.0. The summed E-state index contributed by atoms with van der Waals surface area (Å²) >= 11 is 4.43. The van der Waals surface area contributed by atoms with E-state index >= 15 is 0 Å². The second kappa shape index (κ2) is 6.77. The summed E-state index contributed by atoms with van der Waals surface area (Å²) < 4.78 is 10.7. The molecule has 1 aromatic carbocycles. The molecule has 0 atom stereocenters. The van der Waals surface area contributed by atoms with Gasteiger partial charge in [-0.05, 0) is 36.0 Å². The molecular formula is C13H11BrN2O4S. The summed E-state index contributed by atoms with van der Waals surface area (Å²) in [4.78, 5) is 26.8. The minimum Gasteiger partial charge on any atom is -0.481 e. The number of thioether (sulfide) groups is 1. The molecule has 0 fully saturated rings. The molecule has 0 saturated heterocycles. The van der Waals surface area contributed by atoms with E-state index in [-0.39, 0.29) is 11.8 Å². The third-order valence-corrected chi connectivity index (χ3v) is 3.77. The molecule has 1 heterocycles. The highest BCUT2D eigenvalue weighted by molar-refractivity contribution is 9.10. The van der Waals surface area contributed by atoms with Gasteiger partial charge in [0.15, 0.2) is 11.8 Å². The number of hydrogen-bond donors (Lipinski definition) is 1. The lowest BCUT2D eigenvalue weighted by Gasteiger charge is -2.09. The average molecular weight is 371 g/mol. The Bertz CT molecular complexity index is 658. The number of nitrogens with zero attached hydrogens (tertiary/aromatic N) is 1. The van der Waals surface area contributed by atoms with Crippen LogP contribution in [-0.2, 0) is 14.3 Å². The second-order valence-electron chi connectivity index (χ2n) is 3.91. The Morgan fingerprint density at radius 2 is 2.29 bits per heavy atom. The summed E-state index contributed by atoms with van der Waals surface area (Å²) in [5.74, 6) is -0.429. The van der Waals surface area contributed by atoms with Gasteiger partial charge >= 0.3 is 5.97 Å². The molecule has 0 bridgehead atoms. The van der Waals surface area contributed by atoms with Crippen molar-refractivity contribution in [2.45, 2.75) is 0 Å². The predicted molar refractivity (Wildman–Crippen MR) is 83.9 cm³/mol. The van der Waals surface area contributed by atoms with Crippen LogP contribution in [0.3, 0.4) is 0 Å². The van der Waals surface area contributed by atoms with Crippen molar-refractivity contribution in [2.24, 2.45) is 10.7 Å². The van der Waals surface area contributed by atoms with E-state index in [1.54, 1.807) is 24.3 Å². The highest BCUT2D eigenvalue weighted by atomic mass is 79.9. The van der Waals surface area contributed by atoms with Gasteiger partial charge < -0.3 is 15.2 Å². The molecule has 0 aromatic heterocycles. The Hall–Kier alpha value is -1.80. The van der Waals surface area contributed by atoms with Gasteiger partial charge in [-0.2, -0.15) is 4.99 Å². The lowest BCUT2D eigenvalue weighted by Crippen LogP contribution is -2.13. The van der Waals surface area contributed by atoms with Crippen molar-refractivity contribution < 1.29 is 19.1 Å².